The predicted octanol–water partition coefficient (Wildman–Crippen LogP) is 11.0. The molecule has 0 aromatic heterocycles. The highest BCUT2D eigenvalue weighted by atomic mass is 32.2. The smallest absolute Gasteiger partial charge is 0.261 e. The highest BCUT2D eigenvalue weighted by Gasteiger charge is 2.50. The molecule has 0 unspecified atom stereocenters. The minimum Gasteiger partial charge on any atom is -0.407 e. The molecule has 45 heavy (non-hydrogen) atoms. The Kier molecular flexibility index (Phi) is 17.2. The van der Waals surface area contributed by atoms with Gasteiger partial charge < -0.3 is 4.43 Å². The average Bonchev–Trinajstić information content (AvgIpc) is 2.93. The molecule has 254 valence electrons. The van der Waals surface area contributed by atoms with Gasteiger partial charge in [0.15, 0.2) is 5.12 Å². The Labute approximate surface area is 284 Å². The molecular formula is C41H68O2SSi. The highest BCUT2D eigenvalue weighted by molar-refractivity contribution is 8.13. The zero-order valence-electron chi connectivity index (χ0n) is 30.9. The molecule has 2 aromatic rings. The summed E-state index contributed by atoms with van der Waals surface area (Å²) in [6, 6.07) is 22.1. The lowest BCUT2D eigenvalue weighted by Crippen LogP contribution is -2.66. The number of hydrogen-bond donors (Lipinski definition) is 0. The molecule has 0 bridgehead atoms. The lowest BCUT2D eigenvalue weighted by molar-refractivity contribution is -0.111. The van der Waals surface area contributed by atoms with E-state index in [1.165, 1.54) is 60.7 Å². The first-order chi connectivity index (χ1) is 21.2. The molecule has 0 heterocycles. The second-order valence-electron chi connectivity index (χ2n) is 16.1. The van der Waals surface area contributed by atoms with Crippen LogP contribution in [-0.4, -0.2) is 25.8 Å². The third-order valence-electron chi connectivity index (χ3n) is 9.65. The van der Waals surface area contributed by atoms with E-state index in [9.17, 15) is 4.79 Å². The lowest BCUT2D eigenvalue weighted by Gasteiger charge is -2.43. The van der Waals surface area contributed by atoms with Crippen LogP contribution in [-0.2, 0) is 9.22 Å². The van der Waals surface area contributed by atoms with Crippen molar-refractivity contribution in [1.29, 1.82) is 0 Å². The summed E-state index contributed by atoms with van der Waals surface area (Å²) in [4.78, 5) is 12.0. The predicted molar refractivity (Wildman–Crippen MR) is 203 cm³/mol. The fraction of sp³-hybridized carbons (Fsp3) is 0.683. The number of benzene rings is 2. The van der Waals surface area contributed by atoms with E-state index in [0.29, 0.717) is 28.8 Å². The Morgan fingerprint density at radius 2 is 0.978 bits per heavy atom. The van der Waals surface area contributed by atoms with Crippen molar-refractivity contribution < 1.29 is 9.22 Å². The second-order valence-corrected chi connectivity index (χ2v) is 21.8. The molecule has 0 fully saturated rings. The lowest BCUT2D eigenvalue weighted by atomic mass is 9.81. The summed E-state index contributed by atoms with van der Waals surface area (Å²) in [7, 11) is -2.48. The van der Waals surface area contributed by atoms with E-state index >= 15 is 0 Å². The number of thioether (sulfide) groups is 1. The molecule has 0 aliphatic heterocycles. The average molecular weight is 653 g/mol. The maximum Gasteiger partial charge on any atom is 0.261 e. The zero-order chi connectivity index (χ0) is 33.6. The van der Waals surface area contributed by atoms with Gasteiger partial charge in [-0.1, -0.05) is 149 Å². The molecule has 2 nitrogen and oxygen atoms in total. The van der Waals surface area contributed by atoms with E-state index in [0.717, 1.165) is 36.5 Å². The van der Waals surface area contributed by atoms with Crippen LogP contribution in [0.5, 0.6) is 0 Å². The third-order valence-corrected chi connectivity index (χ3v) is 15.4. The van der Waals surface area contributed by atoms with Gasteiger partial charge in [0.25, 0.3) is 8.32 Å². The Balaban J connectivity index is 1.87. The standard InChI is InChI=1S/C41H68O2SSi/c1-12-44-40(42)29-36(7)27-34(5)25-32(3)23-31(2)24-33(4)26-35(6)28-37(8)30-43-45(41(9,10)11,38-19-15-13-16-20-38)39-21-17-14-18-22-39/h13-22,31-37H,12,23-30H2,1-11H3/t31-,32+,33-,34+,35-,36+,37-/m0/s1. The summed E-state index contributed by atoms with van der Waals surface area (Å²) in [6.07, 6.45) is 8.30. The van der Waals surface area contributed by atoms with Crippen molar-refractivity contribution in [2.24, 2.45) is 41.4 Å². The van der Waals surface area contributed by atoms with Gasteiger partial charge in [-0.3, -0.25) is 4.79 Å². The maximum atomic E-state index is 12.0. The fourth-order valence-corrected chi connectivity index (χ4v) is 13.7. The van der Waals surface area contributed by atoms with Gasteiger partial charge in [0.1, 0.15) is 0 Å². The van der Waals surface area contributed by atoms with Gasteiger partial charge in [0.2, 0.25) is 0 Å². The van der Waals surface area contributed by atoms with Crippen LogP contribution in [0.2, 0.25) is 5.04 Å². The van der Waals surface area contributed by atoms with Crippen LogP contribution in [0, 0.1) is 41.4 Å². The Morgan fingerprint density at radius 1 is 0.622 bits per heavy atom. The van der Waals surface area contributed by atoms with Gasteiger partial charge in [0, 0.05) is 13.0 Å². The molecule has 0 saturated heterocycles. The Hall–Kier alpha value is -1.36. The first kappa shape index (κ1) is 39.8. The molecule has 0 amide bonds. The van der Waals surface area contributed by atoms with E-state index < -0.39 is 8.32 Å². The van der Waals surface area contributed by atoms with E-state index in [-0.39, 0.29) is 5.04 Å². The minimum atomic E-state index is -2.48. The summed E-state index contributed by atoms with van der Waals surface area (Å²) >= 11 is 1.48. The summed E-state index contributed by atoms with van der Waals surface area (Å²) in [5.41, 5.74) is 0. The normalized spacial score (nSPS) is 17.2. The molecule has 0 spiro atoms. The first-order valence-corrected chi connectivity index (χ1v) is 21.0. The van der Waals surface area contributed by atoms with Gasteiger partial charge in [-0.2, -0.15) is 0 Å². The molecule has 7 atom stereocenters. The van der Waals surface area contributed by atoms with Crippen molar-refractivity contribution in [3.05, 3.63) is 60.7 Å². The molecule has 4 heteroatoms. The van der Waals surface area contributed by atoms with Crippen LogP contribution in [0.4, 0.5) is 0 Å². The quantitative estimate of drug-likeness (QED) is 0.133. The SMILES string of the molecule is CCSC(=O)C[C@H](C)C[C@H](C)C[C@H](C)C[C@H](C)C[C@H](C)C[C@H](C)C[C@H](C)CO[Si](c1ccccc1)(c1ccccc1)C(C)(C)C. The van der Waals surface area contributed by atoms with E-state index in [1.807, 2.05) is 0 Å². The largest absolute Gasteiger partial charge is 0.407 e. The van der Waals surface area contributed by atoms with E-state index in [4.69, 9.17) is 4.43 Å². The van der Waals surface area contributed by atoms with E-state index in [2.05, 4.69) is 137 Å². The van der Waals surface area contributed by atoms with Crippen molar-refractivity contribution in [1.82, 2.24) is 0 Å². The van der Waals surface area contributed by atoms with E-state index in [1.54, 1.807) is 0 Å². The highest BCUT2D eigenvalue weighted by Crippen LogP contribution is 2.37. The molecule has 0 radical (unpaired) electrons. The Morgan fingerprint density at radius 3 is 1.33 bits per heavy atom. The van der Waals surface area contributed by atoms with Crippen LogP contribution in [0.1, 0.15) is 121 Å². The number of carbonyl (C=O) groups excluding carboxylic acids is 1. The van der Waals surface area contributed by atoms with Crippen molar-refractivity contribution in [3.63, 3.8) is 0 Å². The van der Waals surface area contributed by atoms with Gasteiger partial charge >= 0.3 is 0 Å². The fourth-order valence-electron chi connectivity index (χ4n) is 8.29. The molecule has 2 rings (SSSR count). The van der Waals surface area contributed by atoms with Crippen LogP contribution in [0.25, 0.3) is 0 Å². The number of rotatable bonds is 20. The molecule has 2 aromatic carbocycles. The van der Waals surface area contributed by atoms with Crippen molar-refractivity contribution in [2.45, 2.75) is 126 Å². The van der Waals surface area contributed by atoms with Gasteiger partial charge in [-0.15, -0.1) is 0 Å². The van der Waals surface area contributed by atoms with Gasteiger partial charge in [0.05, 0.1) is 0 Å². The zero-order valence-corrected chi connectivity index (χ0v) is 32.7. The summed E-state index contributed by atoms with van der Waals surface area (Å²) in [5.74, 6) is 5.52. The first-order valence-electron chi connectivity index (χ1n) is 18.1. The summed E-state index contributed by atoms with van der Waals surface area (Å²) in [5, 5.41) is 3.12. The van der Waals surface area contributed by atoms with Gasteiger partial charge in [-0.25, -0.2) is 0 Å². The summed E-state index contributed by atoms with van der Waals surface area (Å²) < 4.78 is 7.25. The van der Waals surface area contributed by atoms with Crippen LogP contribution in [0.15, 0.2) is 60.7 Å². The third kappa shape index (κ3) is 13.3. The molecule has 0 aliphatic carbocycles. The number of carbonyl (C=O) groups is 1. The molecular weight excluding hydrogens is 585 g/mol. The van der Waals surface area contributed by atoms with Crippen molar-refractivity contribution in [3.8, 4) is 0 Å². The van der Waals surface area contributed by atoms with Gasteiger partial charge in [-0.05, 0) is 101 Å². The van der Waals surface area contributed by atoms with Crippen molar-refractivity contribution >= 4 is 35.6 Å². The second kappa shape index (κ2) is 19.5. The van der Waals surface area contributed by atoms with Crippen LogP contribution < -0.4 is 10.4 Å². The summed E-state index contributed by atoms with van der Waals surface area (Å²) in [6.45, 7) is 26.8. The van der Waals surface area contributed by atoms with Crippen molar-refractivity contribution in [2.75, 3.05) is 12.4 Å². The van der Waals surface area contributed by atoms with Crippen LogP contribution >= 0.6 is 11.8 Å². The number of hydrogen-bond acceptors (Lipinski definition) is 3. The molecule has 0 aliphatic rings. The van der Waals surface area contributed by atoms with Crippen LogP contribution in [0.3, 0.4) is 0 Å². The molecule has 0 N–H and O–H groups in total. The monoisotopic (exact) mass is 652 g/mol. The maximum absolute atomic E-state index is 12.0. The Bertz CT molecular complexity index is 1040. The topological polar surface area (TPSA) is 26.3 Å². The molecule has 0 saturated carbocycles. The minimum absolute atomic E-state index is 0.0196.